The van der Waals surface area contributed by atoms with Crippen LogP contribution < -0.4 is 20.1 Å². The fourth-order valence-electron chi connectivity index (χ4n) is 2.90. The molecule has 2 aromatic carbocycles. The van der Waals surface area contributed by atoms with Crippen molar-refractivity contribution in [1.29, 1.82) is 0 Å². The lowest BCUT2D eigenvalue weighted by molar-refractivity contribution is -0.118. The number of sulfonamides is 1. The van der Waals surface area contributed by atoms with Gasteiger partial charge in [-0.25, -0.2) is 13.1 Å². The summed E-state index contributed by atoms with van der Waals surface area (Å²) in [5.74, 6) is -0.130. The Bertz CT molecular complexity index is 1060. The molecule has 0 aliphatic heterocycles. The lowest BCUT2D eigenvalue weighted by Gasteiger charge is -2.15. The summed E-state index contributed by atoms with van der Waals surface area (Å²) >= 11 is 0. The van der Waals surface area contributed by atoms with E-state index in [-0.39, 0.29) is 41.6 Å². The van der Waals surface area contributed by atoms with E-state index >= 15 is 0 Å². The molecule has 2 amide bonds. The molecule has 0 aromatic heterocycles. The van der Waals surface area contributed by atoms with Crippen LogP contribution in [0.15, 0.2) is 47.4 Å². The normalized spacial score (nSPS) is 11.5. The smallest absolute Gasteiger partial charge is 0.251 e. The number of amides is 2. The Morgan fingerprint density at radius 1 is 0.970 bits per heavy atom. The molecule has 0 unspecified atom stereocenters. The van der Waals surface area contributed by atoms with Crippen molar-refractivity contribution in [2.24, 2.45) is 5.92 Å². The Morgan fingerprint density at radius 2 is 1.64 bits per heavy atom. The minimum Gasteiger partial charge on any atom is -0.492 e. The molecule has 0 bridgehead atoms. The number of nitrogens with one attached hydrogen (secondary N) is 3. The van der Waals surface area contributed by atoms with Gasteiger partial charge in [0.1, 0.15) is 10.6 Å². The molecule has 0 aliphatic carbocycles. The summed E-state index contributed by atoms with van der Waals surface area (Å²) in [6.07, 6.45) is 0. The molecule has 180 valence electrons. The molecule has 2 aromatic rings. The maximum Gasteiger partial charge on any atom is 0.251 e. The van der Waals surface area contributed by atoms with Crippen LogP contribution in [0.25, 0.3) is 0 Å². The summed E-state index contributed by atoms with van der Waals surface area (Å²) in [5, 5.41) is 5.45. The zero-order valence-corrected chi connectivity index (χ0v) is 20.6. The van der Waals surface area contributed by atoms with Crippen molar-refractivity contribution in [1.82, 2.24) is 10.0 Å². The van der Waals surface area contributed by atoms with Crippen LogP contribution in [0.3, 0.4) is 0 Å². The van der Waals surface area contributed by atoms with E-state index in [0.717, 1.165) is 5.56 Å². The summed E-state index contributed by atoms with van der Waals surface area (Å²) in [7, 11) is -3.82. The highest BCUT2D eigenvalue weighted by Crippen LogP contribution is 2.28. The number of benzene rings is 2. The molecule has 0 fully saturated rings. The quantitative estimate of drug-likeness (QED) is 0.431. The van der Waals surface area contributed by atoms with Crippen molar-refractivity contribution >= 4 is 27.5 Å². The molecule has 0 aliphatic rings. The molecule has 9 heteroatoms. The second kappa shape index (κ2) is 11.8. The molecule has 0 radical (unpaired) electrons. The first-order chi connectivity index (χ1) is 15.5. The second-order valence-corrected chi connectivity index (χ2v) is 9.90. The molecule has 33 heavy (non-hydrogen) atoms. The molecular weight excluding hydrogens is 442 g/mol. The van der Waals surface area contributed by atoms with Crippen LogP contribution in [0.5, 0.6) is 5.75 Å². The van der Waals surface area contributed by atoms with Crippen LogP contribution in [-0.2, 0) is 14.8 Å². The highest BCUT2D eigenvalue weighted by molar-refractivity contribution is 7.89. The van der Waals surface area contributed by atoms with Gasteiger partial charge < -0.3 is 15.4 Å². The minimum atomic E-state index is -3.82. The topological polar surface area (TPSA) is 114 Å². The Balaban J connectivity index is 1.95. The highest BCUT2D eigenvalue weighted by atomic mass is 32.2. The Kier molecular flexibility index (Phi) is 9.43. The summed E-state index contributed by atoms with van der Waals surface area (Å²) < 4.78 is 33.7. The molecule has 0 heterocycles. The average molecular weight is 476 g/mol. The van der Waals surface area contributed by atoms with Gasteiger partial charge in [-0.05, 0) is 54.8 Å². The zero-order valence-electron chi connectivity index (χ0n) is 19.8. The molecule has 0 spiro atoms. The van der Waals surface area contributed by atoms with Gasteiger partial charge in [-0.2, -0.15) is 0 Å². The van der Waals surface area contributed by atoms with E-state index in [1.165, 1.54) is 0 Å². The van der Waals surface area contributed by atoms with E-state index < -0.39 is 10.0 Å². The van der Waals surface area contributed by atoms with Crippen LogP contribution in [0.1, 0.15) is 56.5 Å². The molecule has 3 N–H and O–H groups in total. The van der Waals surface area contributed by atoms with E-state index in [1.54, 1.807) is 57.2 Å². The highest BCUT2D eigenvalue weighted by Gasteiger charge is 2.21. The van der Waals surface area contributed by atoms with Gasteiger partial charge in [0, 0.05) is 30.3 Å². The fourth-order valence-corrected chi connectivity index (χ4v) is 4.11. The zero-order chi connectivity index (χ0) is 24.6. The van der Waals surface area contributed by atoms with Gasteiger partial charge in [0.2, 0.25) is 15.9 Å². The summed E-state index contributed by atoms with van der Waals surface area (Å²) in [6.45, 7) is 9.83. The third kappa shape index (κ3) is 7.57. The van der Waals surface area contributed by atoms with Crippen molar-refractivity contribution < 1.29 is 22.7 Å². The summed E-state index contributed by atoms with van der Waals surface area (Å²) in [4.78, 5) is 24.2. The molecule has 0 atom stereocenters. The van der Waals surface area contributed by atoms with Crippen LogP contribution >= 0.6 is 0 Å². The van der Waals surface area contributed by atoms with Crippen molar-refractivity contribution in [3.8, 4) is 5.75 Å². The van der Waals surface area contributed by atoms with Crippen molar-refractivity contribution in [3.05, 3.63) is 53.6 Å². The number of ether oxygens (including phenoxy) is 1. The van der Waals surface area contributed by atoms with Crippen LogP contribution in [-0.4, -0.2) is 39.9 Å². The van der Waals surface area contributed by atoms with Crippen LogP contribution in [0, 0.1) is 5.92 Å². The number of carbonyl (C=O) groups is 2. The summed E-state index contributed by atoms with van der Waals surface area (Å²) in [6, 6.07) is 11.6. The van der Waals surface area contributed by atoms with Crippen LogP contribution in [0.2, 0.25) is 0 Å². The van der Waals surface area contributed by atoms with Gasteiger partial charge in [0.05, 0.1) is 6.61 Å². The fraction of sp³-hybridized carbons (Fsp3) is 0.417. The number of carbonyl (C=O) groups excluding carboxylic acids is 2. The predicted octanol–water partition coefficient (Wildman–Crippen LogP) is 3.51. The Morgan fingerprint density at radius 3 is 2.21 bits per heavy atom. The lowest BCUT2D eigenvalue weighted by Crippen LogP contribution is -2.34. The second-order valence-electron chi connectivity index (χ2n) is 8.17. The number of hydrogen-bond acceptors (Lipinski definition) is 5. The van der Waals surface area contributed by atoms with E-state index in [9.17, 15) is 18.0 Å². The summed E-state index contributed by atoms with van der Waals surface area (Å²) in [5.41, 5.74) is 1.90. The van der Waals surface area contributed by atoms with E-state index in [1.807, 2.05) is 19.9 Å². The monoisotopic (exact) mass is 475 g/mol. The minimum absolute atomic E-state index is 0.0219. The van der Waals surface area contributed by atoms with Gasteiger partial charge in [0.15, 0.2) is 0 Å². The molecule has 8 nitrogen and oxygen atoms in total. The van der Waals surface area contributed by atoms with Gasteiger partial charge in [-0.1, -0.05) is 33.8 Å². The maximum absolute atomic E-state index is 12.9. The third-order valence-electron chi connectivity index (χ3n) is 4.87. The lowest BCUT2D eigenvalue weighted by atomic mass is 10.0. The van der Waals surface area contributed by atoms with Gasteiger partial charge in [0.25, 0.3) is 5.91 Å². The first kappa shape index (κ1) is 26.3. The largest absolute Gasteiger partial charge is 0.492 e. The van der Waals surface area contributed by atoms with Crippen LogP contribution in [0.4, 0.5) is 5.69 Å². The first-order valence-corrected chi connectivity index (χ1v) is 12.5. The molecule has 0 saturated carbocycles. The standard InChI is InChI=1S/C24H33N3O5S/c1-6-32-21-12-9-19(16(2)3)15-22(21)33(30,31)26-14-13-25-24(29)18-7-10-20(11-8-18)27-23(28)17(4)5/h7-12,15-17,26H,6,13-14H2,1-5H3,(H,25,29)(H,27,28). The van der Waals surface area contributed by atoms with Gasteiger partial charge >= 0.3 is 0 Å². The average Bonchev–Trinajstić information content (AvgIpc) is 2.77. The van der Waals surface area contributed by atoms with Crippen molar-refractivity contribution in [2.45, 2.75) is 45.4 Å². The first-order valence-electron chi connectivity index (χ1n) is 11.0. The maximum atomic E-state index is 12.9. The van der Waals surface area contributed by atoms with Crippen molar-refractivity contribution in [3.63, 3.8) is 0 Å². The van der Waals surface area contributed by atoms with E-state index in [2.05, 4.69) is 15.4 Å². The SMILES string of the molecule is CCOc1ccc(C(C)C)cc1S(=O)(=O)NCCNC(=O)c1ccc(NC(=O)C(C)C)cc1. The Hall–Kier alpha value is -2.91. The predicted molar refractivity (Wildman–Crippen MR) is 129 cm³/mol. The third-order valence-corrected chi connectivity index (χ3v) is 6.35. The number of anilines is 1. The van der Waals surface area contributed by atoms with Gasteiger partial charge in [-0.15, -0.1) is 0 Å². The Labute approximate surface area is 196 Å². The van der Waals surface area contributed by atoms with Crippen molar-refractivity contribution in [2.75, 3.05) is 25.0 Å². The van der Waals surface area contributed by atoms with Gasteiger partial charge in [-0.3, -0.25) is 9.59 Å². The number of hydrogen-bond donors (Lipinski definition) is 3. The molecule has 2 rings (SSSR count). The van der Waals surface area contributed by atoms with E-state index in [0.29, 0.717) is 23.6 Å². The number of rotatable bonds is 11. The van der Waals surface area contributed by atoms with E-state index in [4.69, 9.17) is 4.74 Å². The molecule has 0 saturated heterocycles. The molecular formula is C24H33N3O5S.